The van der Waals surface area contributed by atoms with E-state index in [2.05, 4.69) is 20.3 Å². The Morgan fingerprint density at radius 1 is 1.37 bits per heavy atom. The van der Waals surface area contributed by atoms with Gasteiger partial charge in [-0.05, 0) is 0 Å². The Morgan fingerprint density at radius 3 is 2.84 bits per heavy atom. The molecule has 1 aliphatic heterocycles. The van der Waals surface area contributed by atoms with Crippen molar-refractivity contribution < 1.29 is 15.3 Å². The highest BCUT2D eigenvalue weighted by Gasteiger charge is 2.42. The molecule has 8 heteroatoms. The van der Waals surface area contributed by atoms with E-state index in [1.165, 1.54) is 6.33 Å². The number of aromatic nitrogens is 3. The number of nitrogens with one attached hydrogen (secondary N) is 3. The molecule has 102 valence electrons. The second-order valence-corrected chi connectivity index (χ2v) is 4.61. The van der Waals surface area contributed by atoms with Gasteiger partial charge in [-0.25, -0.2) is 4.98 Å². The van der Waals surface area contributed by atoms with Crippen molar-refractivity contribution in [2.24, 2.45) is 0 Å². The summed E-state index contributed by atoms with van der Waals surface area (Å²) in [5.41, 5.74) is 1.03. The van der Waals surface area contributed by atoms with E-state index in [1.807, 2.05) is 0 Å². The molecule has 2 aromatic heterocycles. The first kappa shape index (κ1) is 12.3. The van der Waals surface area contributed by atoms with Crippen LogP contribution in [-0.4, -0.2) is 55.1 Å². The minimum Gasteiger partial charge on any atom is -0.395 e. The van der Waals surface area contributed by atoms with E-state index in [9.17, 15) is 15.0 Å². The Balaban J connectivity index is 2.06. The van der Waals surface area contributed by atoms with E-state index in [0.29, 0.717) is 16.6 Å². The van der Waals surface area contributed by atoms with Gasteiger partial charge in [0.05, 0.1) is 31.1 Å². The standard InChI is InChI=1S/C11H14N4O4/c16-2-5-9(17)10(18)7(15-5)4-1-12-8-6(4)13-3-14-11(8)19/h1,3,5,7,9-10,12,15-18H,2H2,(H,13,14,19)/t5-,7+,9-,10+/m1/s1/i8+2. The van der Waals surface area contributed by atoms with Gasteiger partial charge in [-0.2, -0.15) is 0 Å². The summed E-state index contributed by atoms with van der Waals surface area (Å²) in [4.78, 5) is 20.9. The zero-order chi connectivity index (χ0) is 13.6. The molecule has 0 aliphatic carbocycles. The van der Waals surface area contributed by atoms with Crippen LogP contribution in [0, 0.1) is 0 Å². The second kappa shape index (κ2) is 4.42. The molecule has 1 saturated heterocycles. The third-order valence-electron chi connectivity index (χ3n) is 3.53. The predicted molar refractivity (Wildman–Crippen MR) is 65.5 cm³/mol. The Labute approximate surface area is 107 Å². The summed E-state index contributed by atoms with van der Waals surface area (Å²) in [7, 11) is 0. The van der Waals surface area contributed by atoms with Gasteiger partial charge in [-0.1, -0.05) is 0 Å². The first-order valence-corrected chi connectivity index (χ1v) is 5.91. The Hall–Kier alpha value is -1.74. The monoisotopic (exact) mass is 268 g/mol. The smallest absolute Gasteiger partial charge is 0.275 e. The molecule has 0 bridgehead atoms. The lowest BCUT2D eigenvalue weighted by Crippen LogP contribution is -2.35. The molecule has 3 heterocycles. The molecule has 1 fully saturated rings. The Kier molecular flexibility index (Phi) is 2.86. The summed E-state index contributed by atoms with van der Waals surface area (Å²) in [6.45, 7) is -0.287. The van der Waals surface area contributed by atoms with Crippen LogP contribution in [0.2, 0.25) is 0 Å². The molecule has 2 aromatic rings. The van der Waals surface area contributed by atoms with Gasteiger partial charge >= 0.3 is 0 Å². The zero-order valence-corrected chi connectivity index (χ0v) is 9.87. The third kappa shape index (κ3) is 1.77. The summed E-state index contributed by atoms with van der Waals surface area (Å²) in [5.74, 6) is 0. The van der Waals surface area contributed by atoms with Gasteiger partial charge in [-0.3, -0.25) is 4.79 Å². The maximum absolute atomic E-state index is 11.6. The van der Waals surface area contributed by atoms with Gasteiger partial charge in [0.15, 0.2) is 0 Å². The molecule has 6 N–H and O–H groups in total. The van der Waals surface area contributed by atoms with Crippen LogP contribution >= 0.6 is 0 Å². The molecule has 0 aromatic carbocycles. The molecule has 3 rings (SSSR count). The van der Waals surface area contributed by atoms with Crippen LogP contribution < -0.4 is 10.9 Å². The lowest BCUT2D eigenvalue weighted by molar-refractivity contribution is 0.0196. The molecule has 19 heavy (non-hydrogen) atoms. The van der Waals surface area contributed by atoms with Gasteiger partial charge in [0.25, 0.3) is 5.56 Å². The van der Waals surface area contributed by atoms with Crippen molar-refractivity contribution in [2.45, 2.75) is 24.3 Å². The molecular weight excluding hydrogens is 254 g/mol. The van der Waals surface area contributed by atoms with Crippen molar-refractivity contribution in [3.8, 4) is 0 Å². The average Bonchev–Trinajstić information content (AvgIpc) is 2.94. The number of aromatic amines is 2. The minimum absolute atomic E-state index is 0.287. The van der Waals surface area contributed by atoms with Crippen molar-refractivity contribution in [3.05, 3.63) is 28.4 Å². The molecule has 0 radical (unpaired) electrons. The van der Waals surface area contributed by atoms with Gasteiger partial charge in [-0.15, -0.1) is 0 Å². The van der Waals surface area contributed by atoms with E-state index in [-0.39, 0.29) is 12.2 Å². The summed E-state index contributed by atoms with van der Waals surface area (Å²) in [5, 5.41) is 31.8. The van der Waals surface area contributed by atoms with Crippen molar-refractivity contribution in [2.75, 3.05) is 6.61 Å². The normalized spacial score (nSPS) is 31.1. The fourth-order valence-corrected chi connectivity index (χ4v) is 2.51. The number of H-pyrrole nitrogens is 2. The van der Waals surface area contributed by atoms with E-state index in [0.717, 1.165) is 0 Å². The molecule has 1 aliphatic rings. The molecule has 0 saturated carbocycles. The second-order valence-electron chi connectivity index (χ2n) is 4.61. The van der Waals surface area contributed by atoms with Crippen LogP contribution in [0.5, 0.6) is 0 Å². The molecular formula is C11H14N4O4. The first-order valence-electron chi connectivity index (χ1n) is 5.91. The summed E-state index contributed by atoms with van der Waals surface area (Å²) < 4.78 is 0. The van der Waals surface area contributed by atoms with Crippen molar-refractivity contribution in [1.29, 1.82) is 0 Å². The molecule has 0 unspecified atom stereocenters. The van der Waals surface area contributed by atoms with Crippen LogP contribution in [0.15, 0.2) is 17.3 Å². The predicted octanol–water partition coefficient (Wildman–Crippen LogP) is -2.02. The van der Waals surface area contributed by atoms with Crippen molar-refractivity contribution >= 4 is 11.0 Å². The number of aliphatic hydroxyl groups is 3. The number of aliphatic hydroxyl groups excluding tert-OH is 3. The summed E-state index contributed by atoms with van der Waals surface area (Å²) in [6, 6.07) is -1.19. The van der Waals surface area contributed by atoms with Crippen LogP contribution in [0.3, 0.4) is 0 Å². The fourth-order valence-electron chi connectivity index (χ4n) is 2.51. The van der Waals surface area contributed by atoms with E-state index in [4.69, 9.17) is 5.11 Å². The first-order chi connectivity index (χ1) is 9.13. The van der Waals surface area contributed by atoms with Crippen LogP contribution in [0.4, 0.5) is 0 Å². The van der Waals surface area contributed by atoms with Gasteiger partial charge in [0.2, 0.25) is 0 Å². The van der Waals surface area contributed by atoms with E-state index < -0.39 is 24.3 Å². The lowest BCUT2D eigenvalue weighted by Gasteiger charge is -2.14. The van der Waals surface area contributed by atoms with E-state index >= 15 is 0 Å². The Bertz CT molecular complexity index is 651. The highest BCUT2D eigenvalue weighted by Crippen LogP contribution is 2.30. The minimum atomic E-state index is -1.07. The topological polar surface area (TPSA) is 134 Å². The summed E-state index contributed by atoms with van der Waals surface area (Å²) >= 11 is 0. The molecule has 0 amide bonds. The number of fused-ring (bicyclic) bond motifs is 1. The molecule has 8 nitrogen and oxygen atoms in total. The van der Waals surface area contributed by atoms with Crippen LogP contribution in [-0.2, 0) is 0 Å². The quantitative estimate of drug-likeness (QED) is 0.372. The van der Waals surface area contributed by atoms with Crippen molar-refractivity contribution in [1.82, 2.24) is 20.3 Å². The highest BCUT2D eigenvalue weighted by atomic mass is 16.3. The fraction of sp³-hybridized carbons (Fsp3) is 0.455. The third-order valence-corrected chi connectivity index (χ3v) is 3.53. The van der Waals surface area contributed by atoms with Crippen LogP contribution in [0.25, 0.3) is 11.0 Å². The maximum atomic E-state index is 11.6. The Morgan fingerprint density at radius 2 is 2.16 bits per heavy atom. The van der Waals surface area contributed by atoms with E-state index in [1.54, 1.807) is 6.20 Å². The van der Waals surface area contributed by atoms with Gasteiger partial charge < -0.3 is 30.6 Å². The zero-order valence-electron chi connectivity index (χ0n) is 9.87. The number of hydrogen-bond donors (Lipinski definition) is 6. The van der Waals surface area contributed by atoms with Crippen molar-refractivity contribution in [3.63, 3.8) is 0 Å². The van der Waals surface area contributed by atoms with Gasteiger partial charge in [0, 0.05) is 11.8 Å². The number of nitrogens with zero attached hydrogens (tertiary/aromatic N) is 1. The summed E-state index contributed by atoms with van der Waals surface area (Å²) in [6.07, 6.45) is 0.711. The average molecular weight is 268 g/mol. The maximum Gasteiger partial charge on any atom is 0.275 e. The lowest BCUT2D eigenvalue weighted by atomic mass is 10.0. The SMILES string of the molecule is O=c1[nH]cnc2c([C@@H]3N[C@H](CO)[C@@H](O)[C@H]3O)c[nH][14c]12. The van der Waals surface area contributed by atoms with Gasteiger partial charge in [0.1, 0.15) is 17.1 Å². The number of hydrogen-bond acceptors (Lipinski definition) is 6. The van der Waals surface area contributed by atoms with Crippen LogP contribution in [0.1, 0.15) is 11.6 Å². The number of rotatable bonds is 2. The molecule has 4 atom stereocenters. The molecule has 0 spiro atoms. The highest BCUT2D eigenvalue weighted by molar-refractivity contribution is 5.78. The largest absolute Gasteiger partial charge is 0.395 e.